The van der Waals surface area contributed by atoms with Crippen molar-refractivity contribution in [2.24, 2.45) is 0 Å². The number of benzene rings is 2. The van der Waals surface area contributed by atoms with E-state index in [0.717, 1.165) is 0 Å². The van der Waals surface area contributed by atoms with Gasteiger partial charge in [-0.1, -0.05) is 34.8 Å². The Hall–Kier alpha value is -2.09. The molecular weight excluding hydrogens is 413 g/mol. The number of ether oxygens (including phenoxy) is 1. The van der Waals surface area contributed by atoms with Crippen molar-refractivity contribution in [3.05, 3.63) is 57.0 Å². The van der Waals surface area contributed by atoms with Crippen molar-refractivity contribution in [3.63, 3.8) is 0 Å². The fourth-order valence-corrected chi connectivity index (χ4v) is 2.62. The summed E-state index contributed by atoms with van der Waals surface area (Å²) >= 11 is 17.5. The first-order chi connectivity index (χ1) is 12.3. The Morgan fingerprint density at radius 1 is 1.04 bits per heavy atom. The smallest absolute Gasteiger partial charge is 0.387 e. The van der Waals surface area contributed by atoms with E-state index in [1.54, 1.807) is 0 Å². The Labute approximate surface area is 162 Å². The average Bonchev–Trinajstić information content (AvgIpc) is 2.55. The second kappa shape index (κ2) is 9.02. The van der Waals surface area contributed by atoms with Gasteiger partial charge in [-0.25, -0.2) is 0 Å². The van der Waals surface area contributed by atoms with E-state index < -0.39 is 18.4 Å². The summed E-state index contributed by atoms with van der Waals surface area (Å²) in [6.07, 6.45) is 0. The van der Waals surface area contributed by atoms with E-state index in [2.05, 4.69) is 15.4 Å². The highest BCUT2D eigenvalue weighted by atomic mass is 35.5. The Bertz CT molecular complexity index is 834. The quantitative estimate of drug-likeness (QED) is 0.712. The minimum atomic E-state index is -3.01. The molecule has 2 rings (SSSR count). The number of carbonyl (C=O) groups excluding carboxylic acids is 2. The van der Waals surface area contributed by atoms with Crippen LogP contribution in [0.1, 0.15) is 10.4 Å². The summed E-state index contributed by atoms with van der Waals surface area (Å²) < 4.78 is 28.5. The van der Waals surface area contributed by atoms with Crippen LogP contribution in [-0.4, -0.2) is 25.0 Å². The van der Waals surface area contributed by atoms with E-state index in [9.17, 15) is 18.4 Å². The van der Waals surface area contributed by atoms with Crippen LogP contribution < -0.4 is 15.4 Å². The number of anilines is 1. The van der Waals surface area contributed by atoms with Gasteiger partial charge >= 0.3 is 6.61 Å². The van der Waals surface area contributed by atoms with E-state index >= 15 is 0 Å². The summed E-state index contributed by atoms with van der Waals surface area (Å²) in [6, 6.07) is 8.10. The van der Waals surface area contributed by atoms with Gasteiger partial charge in [0.1, 0.15) is 5.75 Å². The SMILES string of the molecule is O=C(CNC(=O)c1ccc(Cl)cc1Cl)Nc1ccc(OC(F)F)c(Cl)c1. The third kappa shape index (κ3) is 5.72. The van der Waals surface area contributed by atoms with Crippen molar-refractivity contribution in [1.29, 1.82) is 0 Å². The third-order valence-electron chi connectivity index (χ3n) is 3.02. The molecule has 0 radical (unpaired) electrons. The number of amides is 2. The maximum Gasteiger partial charge on any atom is 0.387 e. The zero-order valence-corrected chi connectivity index (χ0v) is 15.1. The van der Waals surface area contributed by atoms with E-state index in [0.29, 0.717) is 5.02 Å². The molecule has 0 unspecified atom stereocenters. The second-order valence-corrected chi connectivity index (χ2v) is 6.13. The molecule has 0 aromatic heterocycles. The molecule has 5 nitrogen and oxygen atoms in total. The average molecular weight is 424 g/mol. The van der Waals surface area contributed by atoms with Crippen molar-refractivity contribution < 1.29 is 23.1 Å². The van der Waals surface area contributed by atoms with Gasteiger partial charge in [0, 0.05) is 10.7 Å². The molecule has 2 aromatic rings. The van der Waals surface area contributed by atoms with Gasteiger partial charge in [-0.05, 0) is 36.4 Å². The molecule has 10 heteroatoms. The minimum absolute atomic E-state index is 0.0971. The Balaban J connectivity index is 1.92. The van der Waals surface area contributed by atoms with E-state index in [1.807, 2.05) is 0 Å². The second-order valence-electron chi connectivity index (χ2n) is 4.88. The molecule has 0 aliphatic carbocycles. The molecule has 2 aromatic carbocycles. The molecule has 2 N–H and O–H groups in total. The number of alkyl halides is 2. The molecule has 0 heterocycles. The van der Waals surface area contributed by atoms with Crippen LogP contribution in [0.4, 0.5) is 14.5 Å². The highest BCUT2D eigenvalue weighted by Gasteiger charge is 2.13. The number of hydrogen-bond acceptors (Lipinski definition) is 3. The van der Waals surface area contributed by atoms with Crippen molar-refractivity contribution >= 4 is 52.3 Å². The molecular formula is C16H11Cl3F2N2O3. The summed E-state index contributed by atoms with van der Waals surface area (Å²) in [5.74, 6) is -1.33. The summed E-state index contributed by atoms with van der Waals surface area (Å²) in [4.78, 5) is 23.9. The molecule has 0 bridgehead atoms. The molecule has 0 aliphatic rings. The molecule has 2 amide bonds. The van der Waals surface area contributed by atoms with Crippen LogP contribution in [0.25, 0.3) is 0 Å². The maximum atomic E-state index is 12.2. The predicted molar refractivity (Wildman–Crippen MR) is 95.5 cm³/mol. The van der Waals surface area contributed by atoms with Crippen LogP contribution >= 0.6 is 34.8 Å². The fraction of sp³-hybridized carbons (Fsp3) is 0.125. The van der Waals surface area contributed by atoms with Crippen LogP contribution in [0.15, 0.2) is 36.4 Å². The number of rotatable bonds is 6. The predicted octanol–water partition coefficient (Wildman–Crippen LogP) is 4.62. The first-order valence-corrected chi connectivity index (χ1v) is 8.17. The first-order valence-electron chi connectivity index (χ1n) is 7.03. The molecule has 26 heavy (non-hydrogen) atoms. The van der Waals surface area contributed by atoms with Gasteiger partial charge in [0.05, 0.1) is 22.2 Å². The molecule has 138 valence electrons. The van der Waals surface area contributed by atoms with Gasteiger partial charge < -0.3 is 15.4 Å². The third-order valence-corrected chi connectivity index (χ3v) is 3.86. The highest BCUT2D eigenvalue weighted by Crippen LogP contribution is 2.28. The Morgan fingerprint density at radius 2 is 1.77 bits per heavy atom. The number of halogens is 5. The van der Waals surface area contributed by atoms with E-state index in [1.165, 1.54) is 36.4 Å². The topological polar surface area (TPSA) is 67.4 Å². The summed E-state index contributed by atoms with van der Waals surface area (Å²) in [5, 5.41) is 5.28. The normalized spacial score (nSPS) is 10.5. The Morgan fingerprint density at radius 3 is 2.38 bits per heavy atom. The fourth-order valence-electron chi connectivity index (χ4n) is 1.90. The summed E-state index contributed by atoms with van der Waals surface area (Å²) in [7, 11) is 0. The van der Waals surface area contributed by atoms with Gasteiger partial charge in [0.2, 0.25) is 5.91 Å². The van der Waals surface area contributed by atoms with E-state index in [-0.39, 0.29) is 33.6 Å². The number of hydrogen-bond donors (Lipinski definition) is 2. The monoisotopic (exact) mass is 422 g/mol. The van der Waals surface area contributed by atoms with Gasteiger partial charge in [-0.2, -0.15) is 8.78 Å². The van der Waals surface area contributed by atoms with Crippen LogP contribution in [-0.2, 0) is 4.79 Å². The van der Waals surface area contributed by atoms with Gasteiger partial charge in [-0.15, -0.1) is 0 Å². The van der Waals surface area contributed by atoms with Crippen LogP contribution in [0, 0.1) is 0 Å². The van der Waals surface area contributed by atoms with Crippen molar-refractivity contribution in [2.45, 2.75) is 6.61 Å². The van der Waals surface area contributed by atoms with Crippen LogP contribution in [0.2, 0.25) is 15.1 Å². The lowest BCUT2D eigenvalue weighted by Crippen LogP contribution is -2.33. The van der Waals surface area contributed by atoms with Crippen LogP contribution in [0.3, 0.4) is 0 Å². The van der Waals surface area contributed by atoms with Crippen molar-refractivity contribution in [1.82, 2.24) is 5.32 Å². The zero-order valence-electron chi connectivity index (χ0n) is 12.9. The Kier molecular flexibility index (Phi) is 7.02. The van der Waals surface area contributed by atoms with Gasteiger partial charge in [-0.3, -0.25) is 9.59 Å². The largest absolute Gasteiger partial charge is 0.433 e. The molecule has 0 fully saturated rings. The number of nitrogens with one attached hydrogen (secondary N) is 2. The molecule has 0 spiro atoms. The van der Waals surface area contributed by atoms with E-state index in [4.69, 9.17) is 34.8 Å². The highest BCUT2D eigenvalue weighted by molar-refractivity contribution is 6.36. The van der Waals surface area contributed by atoms with Crippen LogP contribution in [0.5, 0.6) is 5.75 Å². The van der Waals surface area contributed by atoms with Gasteiger partial charge in [0.25, 0.3) is 5.91 Å². The molecule has 0 saturated carbocycles. The van der Waals surface area contributed by atoms with Crippen molar-refractivity contribution in [3.8, 4) is 5.75 Å². The lowest BCUT2D eigenvalue weighted by atomic mass is 10.2. The minimum Gasteiger partial charge on any atom is -0.433 e. The standard InChI is InChI=1S/C16H11Cl3F2N2O3/c17-8-1-3-10(11(18)5-8)15(25)22-7-14(24)23-9-2-4-13(12(19)6-9)26-16(20)21/h1-6,16H,7H2,(H,22,25)(H,23,24). The summed E-state index contributed by atoms with van der Waals surface area (Å²) in [6.45, 7) is -3.35. The lowest BCUT2D eigenvalue weighted by molar-refractivity contribution is -0.115. The molecule has 0 aliphatic heterocycles. The maximum absolute atomic E-state index is 12.2. The summed E-state index contributed by atoms with van der Waals surface area (Å²) in [5.41, 5.74) is 0.417. The lowest BCUT2D eigenvalue weighted by Gasteiger charge is -2.10. The first kappa shape index (κ1) is 20.2. The number of carbonyl (C=O) groups is 2. The molecule has 0 atom stereocenters. The molecule has 0 saturated heterocycles. The van der Waals surface area contributed by atoms with Crippen molar-refractivity contribution in [2.75, 3.05) is 11.9 Å². The van der Waals surface area contributed by atoms with Gasteiger partial charge in [0.15, 0.2) is 0 Å². The zero-order chi connectivity index (χ0) is 19.3.